The van der Waals surface area contributed by atoms with Crippen LogP contribution < -0.4 is 4.74 Å². The van der Waals surface area contributed by atoms with E-state index in [1.165, 1.54) is 6.07 Å². The minimum atomic E-state index is -0.974. The van der Waals surface area contributed by atoms with Crippen molar-refractivity contribution < 1.29 is 14.6 Å². The van der Waals surface area contributed by atoms with Crippen molar-refractivity contribution in [2.45, 2.75) is 13.0 Å². The highest BCUT2D eigenvalue weighted by Crippen LogP contribution is 2.26. The molecule has 0 heterocycles. The number of hydrogen-bond donors (Lipinski definition) is 1. The van der Waals surface area contributed by atoms with Crippen molar-refractivity contribution >= 4 is 21.9 Å². The van der Waals surface area contributed by atoms with Crippen molar-refractivity contribution in [1.82, 2.24) is 0 Å². The topological polar surface area (TPSA) is 46.5 Å². The van der Waals surface area contributed by atoms with Crippen molar-refractivity contribution in [2.75, 3.05) is 0 Å². The fourth-order valence-corrected chi connectivity index (χ4v) is 2.22. The fraction of sp³-hybridized carbons (Fsp3) is 0.133. The summed E-state index contributed by atoms with van der Waals surface area (Å²) in [7, 11) is 0. The molecule has 2 aromatic rings. The van der Waals surface area contributed by atoms with Crippen molar-refractivity contribution in [3.63, 3.8) is 0 Å². The summed E-state index contributed by atoms with van der Waals surface area (Å²) in [6.07, 6.45) is -0.142. The first-order chi connectivity index (χ1) is 9.06. The second-order valence-corrected chi connectivity index (χ2v) is 5.07. The van der Waals surface area contributed by atoms with Crippen molar-refractivity contribution in [3.05, 3.63) is 64.1 Å². The van der Waals surface area contributed by atoms with Gasteiger partial charge in [0.15, 0.2) is 0 Å². The zero-order valence-electron chi connectivity index (χ0n) is 10.3. The summed E-state index contributed by atoms with van der Waals surface area (Å²) in [4.78, 5) is 11.0. The number of halogens is 1. The van der Waals surface area contributed by atoms with E-state index in [4.69, 9.17) is 9.84 Å². The molecule has 3 nitrogen and oxygen atoms in total. The van der Waals surface area contributed by atoms with Crippen LogP contribution in [0.4, 0.5) is 0 Å². The Morgan fingerprint density at radius 1 is 1.21 bits per heavy atom. The normalized spacial score (nSPS) is 11.9. The Balaban J connectivity index is 2.21. The van der Waals surface area contributed by atoms with E-state index in [0.29, 0.717) is 10.2 Å². The average molecular weight is 321 g/mol. The number of ether oxygens (including phenoxy) is 1. The highest BCUT2D eigenvalue weighted by molar-refractivity contribution is 9.10. The van der Waals surface area contributed by atoms with Crippen molar-refractivity contribution in [1.29, 1.82) is 0 Å². The van der Waals surface area contributed by atoms with Crippen LogP contribution in [0, 0.1) is 0 Å². The van der Waals surface area contributed by atoms with E-state index in [0.717, 1.165) is 5.56 Å². The Morgan fingerprint density at radius 3 is 2.53 bits per heavy atom. The molecule has 0 aliphatic rings. The second kappa shape index (κ2) is 5.89. The number of carboxylic acid groups (broad SMARTS) is 1. The van der Waals surface area contributed by atoms with E-state index in [9.17, 15) is 4.79 Å². The molecular formula is C15H13BrO3. The lowest BCUT2D eigenvalue weighted by Crippen LogP contribution is -2.04. The summed E-state index contributed by atoms with van der Waals surface area (Å²) < 4.78 is 6.46. The molecule has 0 saturated heterocycles. The molecule has 0 spiro atoms. The van der Waals surface area contributed by atoms with Crippen LogP contribution in [0.2, 0.25) is 0 Å². The average Bonchev–Trinajstić information content (AvgIpc) is 2.39. The predicted molar refractivity (Wildman–Crippen MR) is 76.6 cm³/mol. The Morgan fingerprint density at radius 2 is 1.89 bits per heavy atom. The maximum absolute atomic E-state index is 11.0. The van der Waals surface area contributed by atoms with Gasteiger partial charge in [-0.3, -0.25) is 0 Å². The molecule has 0 radical (unpaired) electrons. The molecule has 1 N–H and O–H groups in total. The highest BCUT2D eigenvalue weighted by atomic mass is 79.9. The number of benzene rings is 2. The lowest BCUT2D eigenvalue weighted by atomic mass is 10.1. The van der Waals surface area contributed by atoms with E-state index < -0.39 is 5.97 Å². The Hall–Kier alpha value is -1.81. The van der Waals surface area contributed by atoms with Crippen LogP contribution in [-0.4, -0.2) is 11.1 Å². The van der Waals surface area contributed by atoms with Crippen molar-refractivity contribution in [3.8, 4) is 5.75 Å². The number of carbonyl (C=O) groups is 1. The molecule has 0 fully saturated rings. The van der Waals surface area contributed by atoms with Gasteiger partial charge in [0.25, 0.3) is 0 Å². The summed E-state index contributed by atoms with van der Waals surface area (Å²) in [6.45, 7) is 1.93. The molecule has 19 heavy (non-hydrogen) atoms. The van der Waals surface area contributed by atoms with Crippen molar-refractivity contribution in [2.24, 2.45) is 0 Å². The number of rotatable bonds is 4. The summed E-state index contributed by atoms with van der Waals surface area (Å²) >= 11 is 3.28. The van der Waals surface area contributed by atoms with E-state index in [-0.39, 0.29) is 11.7 Å². The third kappa shape index (κ3) is 3.58. The van der Waals surface area contributed by atoms with Gasteiger partial charge in [0.2, 0.25) is 0 Å². The first-order valence-electron chi connectivity index (χ1n) is 5.82. The monoisotopic (exact) mass is 320 g/mol. The Kier molecular flexibility index (Phi) is 4.22. The van der Waals surface area contributed by atoms with Gasteiger partial charge in [-0.25, -0.2) is 4.79 Å². The predicted octanol–water partition coefficient (Wildman–Crippen LogP) is 4.29. The maximum atomic E-state index is 11.0. The third-order valence-corrected chi connectivity index (χ3v) is 3.16. The number of aromatic carboxylic acids is 1. The minimum absolute atomic E-state index is 0.142. The van der Waals surface area contributed by atoms with E-state index in [1.54, 1.807) is 12.1 Å². The van der Waals surface area contributed by atoms with Crippen LogP contribution in [0.1, 0.15) is 28.9 Å². The Bertz CT molecular complexity index is 581. The summed E-state index contributed by atoms with van der Waals surface area (Å²) in [5, 5.41) is 9.01. The molecule has 2 rings (SSSR count). The number of hydrogen-bond acceptors (Lipinski definition) is 2. The zero-order valence-corrected chi connectivity index (χ0v) is 11.9. The van der Waals surface area contributed by atoms with Crippen LogP contribution in [-0.2, 0) is 0 Å². The summed E-state index contributed by atoms with van der Waals surface area (Å²) in [5.74, 6) is -0.443. The molecule has 1 unspecified atom stereocenters. The fourth-order valence-electron chi connectivity index (χ4n) is 1.75. The van der Waals surface area contributed by atoms with E-state index >= 15 is 0 Å². The van der Waals surface area contributed by atoms with Gasteiger partial charge in [-0.05, 0) is 30.7 Å². The van der Waals surface area contributed by atoms with Gasteiger partial charge in [-0.2, -0.15) is 0 Å². The lowest BCUT2D eigenvalue weighted by molar-refractivity contribution is 0.0696. The van der Waals surface area contributed by atoms with Crippen LogP contribution in [0.25, 0.3) is 0 Å². The standard InChI is InChI=1S/C15H13BrO3/c1-10(11-5-3-2-4-6-11)19-14-8-12(15(17)18)7-13(16)9-14/h2-10H,1H3,(H,17,18). The van der Waals surface area contributed by atoms with E-state index in [1.807, 2.05) is 37.3 Å². The highest BCUT2D eigenvalue weighted by Gasteiger charge is 2.10. The largest absolute Gasteiger partial charge is 0.486 e. The molecule has 1 atom stereocenters. The molecule has 0 saturated carbocycles. The minimum Gasteiger partial charge on any atom is -0.486 e. The van der Waals surface area contributed by atoms with Crippen LogP contribution in [0.15, 0.2) is 53.0 Å². The van der Waals surface area contributed by atoms with Gasteiger partial charge in [-0.15, -0.1) is 0 Å². The van der Waals surface area contributed by atoms with Gasteiger partial charge in [0.05, 0.1) is 5.56 Å². The summed E-state index contributed by atoms with van der Waals surface area (Å²) in [6, 6.07) is 14.6. The van der Waals surface area contributed by atoms with Crippen LogP contribution in [0.3, 0.4) is 0 Å². The SMILES string of the molecule is CC(Oc1cc(Br)cc(C(=O)O)c1)c1ccccc1. The molecule has 2 aromatic carbocycles. The molecule has 0 aromatic heterocycles. The molecule has 4 heteroatoms. The first-order valence-corrected chi connectivity index (χ1v) is 6.61. The molecule has 0 aliphatic carbocycles. The number of carboxylic acids is 1. The van der Waals surface area contributed by atoms with Crippen LogP contribution in [0.5, 0.6) is 5.75 Å². The van der Waals surface area contributed by atoms with Gasteiger partial charge in [0, 0.05) is 4.47 Å². The van der Waals surface area contributed by atoms with Crippen LogP contribution >= 0.6 is 15.9 Å². The smallest absolute Gasteiger partial charge is 0.335 e. The van der Waals surface area contributed by atoms with Gasteiger partial charge in [0.1, 0.15) is 11.9 Å². The van der Waals surface area contributed by atoms with Gasteiger partial charge in [-0.1, -0.05) is 46.3 Å². The second-order valence-electron chi connectivity index (χ2n) is 4.15. The quantitative estimate of drug-likeness (QED) is 0.914. The van der Waals surface area contributed by atoms with E-state index in [2.05, 4.69) is 15.9 Å². The first kappa shape index (κ1) is 13.6. The molecule has 0 aliphatic heterocycles. The third-order valence-electron chi connectivity index (χ3n) is 2.70. The van der Waals surface area contributed by atoms with Gasteiger partial charge >= 0.3 is 5.97 Å². The van der Waals surface area contributed by atoms with Gasteiger partial charge < -0.3 is 9.84 Å². The lowest BCUT2D eigenvalue weighted by Gasteiger charge is -2.15. The Labute approximate surface area is 120 Å². The molecular weight excluding hydrogens is 308 g/mol. The molecule has 98 valence electrons. The zero-order chi connectivity index (χ0) is 13.8. The molecule has 0 bridgehead atoms. The summed E-state index contributed by atoms with van der Waals surface area (Å²) in [5.41, 5.74) is 1.24. The maximum Gasteiger partial charge on any atom is 0.335 e. The molecule has 0 amide bonds.